The summed E-state index contributed by atoms with van der Waals surface area (Å²) in [6, 6.07) is 15.6. The van der Waals surface area contributed by atoms with E-state index in [-0.39, 0.29) is 11.5 Å². The molecule has 0 amide bonds. The van der Waals surface area contributed by atoms with Gasteiger partial charge in [0.2, 0.25) is 10.0 Å². The average molecular weight is 440 g/mol. The van der Waals surface area contributed by atoms with E-state index in [1.165, 1.54) is 28.6 Å². The van der Waals surface area contributed by atoms with Crippen LogP contribution < -0.4 is 0 Å². The second-order valence-corrected chi connectivity index (χ2v) is 9.75. The van der Waals surface area contributed by atoms with E-state index in [1.54, 1.807) is 17.1 Å². The Morgan fingerprint density at radius 1 is 1.06 bits per heavy atom. The first-order valence-electron chi connectivity index (χ1n) is 10.3. The van der Waals surface area contributed by atoms with E-state index in [2.05, 4.69) is 12.0 Å². The summed E-state index contributed by atoms with van der Waals surface area (Å²) < 4.78 is 34.2. The minimum Gasteiger partial charge on any atom is -0.457 e. The number of piperidine rings is 1. The molecule has 0 saturated carbocycles. The van der Waals surface area contributed by atoms with Gasteiger partial charge in [0, 0.05) is 24.8 Å². The van der Waals surface area contributed by atoms with E-state index < -0.39 is 16.0 Å². The Balaban J connectivity index is 1.37. The standard InChI is InChI=1S/C23H25N3O4S/c1-18-11-13-25(14-12-18)31(28,29)22-9-7-20(8-10-22)23(27)30-17-19-15-24-26(16-19)21-5-3-2-4-6-21/h2-10,15-16,18H,11-14,17H2,1H3. The Morgan fingerprint density at radius 2 is 1.74 bits per heavy atom. The average Bonchev–Trinajstić information content (AvgIpc) is 3.27. The summed E-state index contributed by atoms with van der Waals surface area (Å²) in [6.07, 6.45) is 5.18. The molecule has 0 aliphatic carbocycles. The van der Waals surface area contributed by atoms with E-state index in [4.69, 9.17) is 4.74 Å². The Labute approximate surface area is 182 Å². The first-order valence-corrected chi connectivity index (χ1v) is 11.7. The molecule has 1 aromatic heterocycles. The topological polar surface area (TPSA) is 81.5 Å². The molecular weight excluding hydrogens is 414 g/mol. The minimum atomic E-state index is -3.54. The molecule has 1 fully saturated rings. The number of nitrogens with zero attached hydrogens (tertiary/aromatic N) is 3. The van der Waals surface area contributed by atoms with Gasteiger partial charge < -0.3 is 4.74 Å². The van der Waals surface area contributed by atoms with Crippen LogP contribution in [-0.4, -0.2) is 41.6 Å². The molecule has 0 spiro atoms. The number of benzene rings is 2. The third-order valence-corrected chi connectivity index (χ3v) is 7.41. The fraction of sp³-hybridized carbons (Fsp3) is 0.304. The van der Waals surface area contributed by atoms with Crippen molar-refractivity contribution in [2.24, 2.45) is 5.92 Å². The number of aromatic nitrogens is 2. The molecule has 0 N–H and O–H groups in total. The zero-order valence-electron chi connectivity index (χ0n) is 17.3. The van der Waals surface area contributed by atoms with Crippen LogP contribution in [0.5, 0.6) is 0 Å². The summed E-state index contributed by atoms with van der Waals surface area (Å²) in [7, 11) is -3.54. The highest BCUT2D eigenvalue weighted by Gasteiger charge is 2.28. The Hall–Kier alpha value is -2.97. The molecular formula is C23H25N3O4S. The lowest BCUT2D eigenvalue weighted by atomic mass is 10.0. The van der Waals surface area contributed by atoms with Gasteiger partial charge in [0.1, 0.15) is 6.61 Å². The van der Waals surface area contributed by atoms with Crippen LogP contribution >= 0.6 is 0 Å². The predicted octanol–water partition coefficient (Wildman–Crippen LogP) is 3.65. The third kappa shape index (κ3) is 4.86. The maximum Gasteiger partial charge on any atom is 0.338 e. The molecule has 7 nitrogen and oxygen atoms in total. The largest absolute Gasteiger partial charge is 0.457 e. The number of para-hydroxylation sites is 1. The van der Waals surface area contributed by atoms with Crippen LogP contribution in [0.25, 0.3) is 5.69 Å². The lowest BCUT2D eigenvalue weighted by Gasteiger charge is -2.29. The number of carbonyl (C=O) groups excluding carboxylic acids is 1. The Bertz CT molecular complexity index is 1130. The van der Waals surface area contributed by atoms with Crippen LogP contribution in [0.3, 0.4) is 0 Å². The molecule has 1 aliphatic rings. The first kappa shape index (κ1) is 21.3. The van der Waals surface area contributed by atoms with Crippen molar-refractivity contribution < 1.29 is 17.9 Å². The van der Waals surface area contributed by atoms with Crippen LogP contribution in [0.2, 0.25) is 0 Å². The predicted molar refractivity (Wildman–Crippen MR) is 116 cm³/mol. The number of hydrogen-bond acceptors (Lipinski definition) is 5. The van der Waals surface area contributed by atoms with E-state index in [9.17, 15) is 13.2 Å². The number of ether oxygens (including phenoxy) is 1. The molecule has 8 heteroatoms. The number of sulfonamides is 1. The normalized spacial score (nSPS) is 15.6. The lowest BCUT2D eigenvalue weighted by molar-refractivity contribution is 0.0472. The minimum absolute atomic E-state index is 0.0810. The Morgan fingerprint density at radius 3 is 2.42 bits per heavy atom. The van der Waals surface area contributed by atoms with E-state index in [0.29, 0.717) is 24.6 Å². The molecule has 0 bridgehead atoms. The van der Waals surface area contributed by atoms with Crippen molar-refractivity contribution in [2.75, 3.05) is 13.1 Å². The van der Waals surface area contributed by atoms with Gasteiger partial charge in [-0.3, -0.25) is 0 Å². The molecule has 1 saturated heterocycles. The highest BCUT2D eigenvalue weighted by atomic mass is 32.2. The number of carbonyl (C=O) groups is 1. The molecule has 0 atom stereocenters. The third-order valence-electron chi connectivity index (χ3n) is 5.50. The van der Waals surface area contributed by atoms with Crippen molar-refractivity contribution in [1.29, 1.82) is 0 Å². The van der Waals surface area contributed by atoms with Gasteiger partial charge in [0.05, 0.1) is 22.3 Å². The SMILES string of the molecule is CC1CCN(S(=O)(=O)c2ccc(C(=O)OCc3cnn(-c4ccccc4)c3)cc2)CC1. The number of rotatable bonds is 6. The summed E-state index contributed by atoms with van der Waals surface area (Å²) in [6.45, 7) is 3.28. The summed E-state index contributed by atoms with van der Waals surface area (Å²) in [5.41, 5.74) is 1.98. The zero-order chi connectivity index (χ0) is 21.8. The van der Waals surface area contributed by atoms with Gasteiger partial charge in [-0.05, 0) is 55.2 Å². The monoisotopic (exact) mass is 439 g/mol. The van der Waals surface area contributed by atoms with Gasteiger partial charge >= 0.3 is 5.97 Å². The smallest absolute Gasteiger partial charge is 0.338 e. The molecule has 2 aromatic carbocycles. The molecule has 1 aliphatic heterocycles. The van der Waals surface area contributed by atoms with Crippen LogP contribution in [0.4, 0.5) is 0 Å². The van der Waals surface area contributed by atoms with Crippen LogP contribution in [-0.2, 0) is 21.4 Å². The van der Waals surface area contributed by atoms with Crippen LogP contribution in [0.1, 0.15) is 35.7 Å². The molecule has 0 radical (unpaired) electrons. The molecule has 31 heavy (non-hydrogen) atoms. The maximum atomic E-state index is 12.8. The van der Waals surface area contributed by atoms with Crippen LogP contribution in [0.15, 0.2) is 71.9 Å². The molecule has 2 heterocycles. The molecule has 3 aromatic rings. The van der Waals surface area contributed by atoms with Crippen LogP contribution in [0, 0.1) is 5.92 Å². The molecule has 4 rings (SSSR count). The van der Waals surface area contributed by atoms with E-state index >= 15 is 0 Å². The van der Waals surface area contributed by atoms with Gasteiger partial charge in [-0.2, -0.15) is 9.40 Å². The molecule has 0 unspecified atom stereocenters. The van der Waals surface area contributed by atoms with Crippen molar-refractivity contribution in [3.8, 4) is 5.69 Å². The number of esters is 1. The summed E-state index contributed by atoms with van der Waals surface area (Å²) in [5, 5.41) is 4.28. The van der Waals surface area contributed by atoms with Crippen molar-refractivity contribution in [3.63, 3.8) is 0 Å². The van der Waals surface area contributed by atoms with Gasteiger partial charge in [0.25, 0.3) is 0 Å². The second kappa shape index (κ2) is 9.03. The first-order chi connectivity index (χ1) is 14.9. The molecule has 162 valence electrons. The fourth-order valence-corrected chi connectivity index (χ4v) is 5.00. The van der Waals surface area contributed by atoms with E-state index in [0.717, 1.165) is 24.1 Å². The quantitative estimate of drug-likeness (QED) is 0.548. The summed E-state index contributed by atoms with van der Waals surface area (Å²) >= 11 is 0. The fourth-order valence-electron chi connectivity index (χ4n) is 3.53. The highest BCUT2D eigenvalue weighted by molar-refractivity contribution is 7.89. The maximum absolute atomic E-state index is 12.8. The van der Waals surface area contributed by atoms with Gasteiger partial charge in [-0.1, -0.05) is 25.1 Å². The number of hydrogen-bond donors (Lipinski definition) is 0. The van der Waals surface area contributed by atoms with Crippen molar-refractivity contribution in [1.82, 2.24) is 14.1 Å². The van der Waals surface area contributed by atoms with Crippen molar-refractivity contribution >= 4 is 16.0 Å². The van der Waals surface area contributed by atoms with Gasteiger partial charge in [-0.15, -0.1) is 0 Å². The lowest BCUT2D eigenvalue weighted by Crippen LogP contribution is -2.37. The summed E-state index contributed by atoms with van der Waals surface area (Å²) in [5.74, 6) is 0.0339. The van der Waals surface area contributed by atoms with Gasteiger partial charge in [0.15, 0.2) is 0 Å². The highest BCUT2D eigenvalue weighted by Crippen LogP contribution is 2.23. The zero-order valence-corrected chi connectivity index (χ0v) is 18.2. The second-order valence-electron chi connectivity index (χ2n) is 7.82. The van der Waals surface area contributed by atoms with E-state index in [1.807, 2.05) is 30.3 Å². The van der Waals surface area contributed by atoms with Crippen molar-refractivity contribution in [3.05, 3.63) is 78.1 Å². The Kier molecular flexibility index (Phi) is 6.20. The van der Waals surface area contributed by atoms with Gasteiger partial charge in [-0.25, -0.2) is 17.9 Å². The summed E-state index contributed by atoms with van der Waals surface area (Å²) in [4.78, 5) is 12.6. The van der Waals surface area contributed by atoms with Crippen molar-refractivity contribution in [2.45, 2.75) is 31.3 Å².